The van der Waals surface area contributed by atoms with E-state index in [0.717, 1.165) is 29.7 Å². The fourth-order valence-electron chi connectivity index (χ4n) is 4.18. The lowest BCUT2D eigenvalue weighted by Crippen LogP contribution is -2.40. The molecule has 7 nitrogen and oxygen atoms in total. The Bertz CT molecular complexity index is 1470. The molecule has 0 radical (unpaired) electrons. The van der Waals surface area contributed by atoms with E-state index in [9.17, 15) is 14.4 Å². The molecule has 1 N–H and O–H groups in total. The number of nitrogens with one attached hydrogen (secondary N) is 1. The van der Waals surface area contributed by atoms with Crippen molar-refractivity contribution in [2.45, 2.75) is 26.4 Å². The predicted molar refractivity (Wildman–Crippen MR) is 144 cm³/mol. The molecule has 0 spiro atoms. The van der Waals surface area contributed by atoms with Crippen molar-refractivity contribution in [1.29, 1.82) is 0 Å². The second-order valence-electron chi connectivity index (χ2n) is 9.37. The molecule has 4 rings (SSSR count). The summed E-state index contributed by atoms with van der Waals surface area (Å²) in [6.07, 6.45) is 0.872. The van der Waals surface area contributed by atoms with E-state index in [1.54, 1.807) is 41.0 Å². The van der Waals surface area contributed by atoms with Gasteiger partial charge in [0.25, 0.3) is 11.5 Å². The van der Waals surface area contributed by atoms with Crippen LogP contribution in [0.4, 0.5) is 0 Å². The van der Waals surface area contributed by atoms with Gasteiger partial charge in [-0.15, -0.1) is 0 Å². The van der Waals surface area contributed by atoms with E-state index in [2.05, 4.69) is 10.2 Å². The van der Waals surface area contributed by atoms with Crippen LogP contribution < -0.4 is 16.6 Å². The van der Waals surface area contributed by atoms with Crippen LogP contribution >= 0.6 is 0 Å². The molecule has 0 fully saturated rings. The zero-order valence-electron chi connectivity index (χ0n) is 21.0. The molecular weight excluding hydrogens is 452 g/mol. The zero-order valence-corrected chi connectivity index (χ0v) is 21.0. The van der Waals surface area contributed by atoms with Crippen LogP contribution in [-0.4, -0.2) is 47.1 Å². The summed E-state index contributed by atoms with van der Waals surface area (Å²) in [5.74, 6) is -0.136. The third kappa shape index (κ3) is 5.80. The number of carbonyl (C=O) groups excluding carboxylic acids is 1. The molecule has 0 bridgehead atoms. The molecule has 1 aromatic heterocycles. The van der Waals surface area contributed by atoms with E-state index in [1.807, 2.05) is 57.4 Å². The zero-order chi connectivity index (χ0) is 25.7. The molecule has 0 aliphatic rings. The number of aryl methyl sites for hydroxylation is 1. The Morgan fingerprint density at radius 3 is 2.11 bits per heavy atom. The van der Waals surface area contributed by atoms with Crippen molar-refractivity contribution in [3.8, 4) is 0 Å². The first kappa shape index (κ1) is 25.1. The van der Waals surface area contributed by atoms with Gasteiger partial charge in [-0.25, -0.2) is 4.79 Å². The molecule has 3 aromatic carbocycles. The van der Waals surface area contributed by atoms with Crippen molar-refractivity contribution < 1.29 is 4.79 Å². The molecule has 4 aromatic rings. The van der Waals surface area contributed by atoms with E-state index < -0.39 is 0 Å². The largest absolute Gasteiger partial charge is 0.352 e. The highest BCUT2D eigenvalue weighted by molar-refractivity contribution is 5.94. The molecule has 1 amide bonds. The minimum absolute atomic E-state index is 0.126. The number of aromatic nitrogens is 2. The summed E-state index contributed by atoms with van der Waals surface area (Å²) >= 11 is 0. The van der Waals surface area contributed by atoms with Gasteiger partial charge >= 0.3 is 5.69 Å². The van der Waals surface area contributed by atoms with Crippen LogP contribution in [0.2, 0.25) is 0 Å². The van der Waals surface area contributed by atoms with E-state index >= 15 is 0 Å². The van der Waals surface area contributed by atoms with Gasteiger partial charge in [-0.3, -0.25) is 18.7 Å². The van der Waals surface area contributed by atoms with Gasteiger partial charge in [0, 0.05) is 12.1 Å². The van der Waals surface area contributed by atoms with Crippen molar-refractivity contribution >= 4 is 16.8 Å². The standard InChI is InChI=1S/C29H32N4O3/c1-21-9-11-22(12-10-21)19-32-26-8-5-4-7-25(26)28(35)33(29(32)36)20-23-13-15-24(16-14-23)27(34)30-17-6-18-31(2)3/h4-5,7-16H,6,17-20H2,1-3H3,(H,30,34). The SMILES string of the molecule is Cc1ccc(Cn2c(=O)n(Cc3ccc(C(=O)NCCCN(C)C)cc3)c(=O)c3ccccc32)cc1. The Balaban J connectivity index is 1.60. The summed E-state index contributed by atoms with van der Waals surface area (Å²) in [5.41, 5.74) is 3.39. The van der Waals surface area contributed by atoms with Crippen LogP contribution in [0.1, 0.15) is 33.5 Å². The summed E-state index contributed by atoms with van der Waals surface area (Å²) < 4.78 is 2.92. The van der Waals surface area contributed by atoms with Crippen LogP contribution in [0.15, 0.2) is 82.4 Å². The van der Waals surface area contributed by atoms with Gasteiger partial charge in [-0.1, -0.05) is 54.1 Å². The topological polar surface area (TPSA) is 76.3 Å². The number of hydrogen-bond acceptors (Lipinski definition) is 4. The number of hydrogen-bond donors (Lipinski definition) is 1. The first-order chi connectivity index (χ1) is 17.3. The Kier molecular flexibility index (Phi) is 7.80. The number of amides is 1. The molecule has 36 heavy (non-hydrogen) atoms. The highest BCUT2D eigenvalue weighted by atomic mass is 16.2. The van der Waals surface area contributed by atoms with Crippen LogP contribution in [0.25, 0.3) is 10.9 Å². The average molecular weight is 485 g/mol. The molecule has 0 saturated carbocycles. The number of benzene rings is 3. The fourth-order valence-corrected chi connectivity index (χ4v) is 4.18. The highest BCUT2D eigenvalue weighted by Crippen LogP contribution is 2.12. The normalized spacial score (nSPS) is 11.2. The quantitative estimate of drug-likeness (QED) is 0.370. The first-order valence-corrected chi connectivity index (χ1v) is 12.1. The molecule has 0 atom stereocenters. The molecule has 0 unspecified atom stereocenters. The van der Waals surface area contributed by atoms with Crippen molar-refractivity contribution in [3.63, 3.8) is 0 Å². The lowest BCUT2D eigenvalue weighted by atomic mass is 10.1. The van der Waals surface area contributed by atoms with Gasteiger partial charge in [0.15, 0.2) is 0 Å². The summed E-state index contributed by atoms with van der Waals surface area (Å²) in [6, 6.07) is 22.3. The summed E-state index contributed by atoms with van der Waals surface area (Å²) in [5, 5.41) is 3.42. The van der Waals surface area contributed by atoms with Crippen molar-refractivity contribution in [1.82, 2.24) is 19.4 Å². The summed E-state index contributed by atoms with van der Waals surface area (Å²) in [4.78, 5) is 41.3. The van der Waals surface area contributed by atoms with Gasteiger partial charge in [-0.2, -0.15) is 0 Å². The van der Waals surface area contributed by atoms with Crippen molar-refractivity contribution in [2.24, 2.45) is 0 Å². The molecular formula is C29H32N4O3. The van der Waals surface area contributed by atoms with Gasteiger partial charge in [-0.05, 0) is 69.4 Å². The minimum Gasteiger partial charge on any atom is -0.352 e. The molecule has 186 valence electrons. The maximum Gasteiger partial charge on any atom is 0.332 e. The third-order valence-corrected chi connectivity index (χ3v) is 6.22. The van der Waals surface area contributed by atoms with Crippen LogP contribution in [0.3, 0.4) is 0 Å². The minimum atomic E-state index is -0.359. The Morgan fingerprint density at radius 1 is 0.833 bits per heavy atom. The van der Waals surface area contributed by atoms with Gasteiger partial charge in [0.1, 0.15) is 0 Å². The van der Waals surface area contributed by atoms with Crippen LogP contribution in [0.5, 0.6) is 0 Å². The first-order valence-electron chi connectivity index (χ1n) is 12.1. The molecule has 1 heterocycles. The molecule has 0 aliphatic carbocycles. The monoisotopic (exact) mass is 484 g/mol. The Morgan fingerprint density at radius 2 is 1.44 bits per heavy atom. The van der Waals surface area contributed by atoms with Crippen LogP contribution in [0, 0.1) is 6.92 Å². The molecule has 0 saturated heterocycles. The summed E-state index contributed by atoms with van der Waals surface area (Å²) in [7, 11) is 4.00. The second-order valence-corrected chi connectivity index (χ2v) is 9.37. The number of fused-ring (bicyclic) bond motifs is 1. The smallest absolute Gasteiger partial charge is 0.332 e. The third-order valence-electron chi connectivity index (χ3n) is 6.22. The van der Waals surface area contributed by atoms with E-state index in [0.29, 0.717) is 29.6 Å². The van der Waals surface area contributed by atoms with Gasteiger partial charge in [0.05, 0.1) is 24.0 Å². The Hall–Kier alpha value is -3.97. The van der Waals surface area contributed by atoms with E-state index in [4.69, 9.17) is 0 Å². The van der Waals surface area contributed by atoms with E-state index in [-0.39, 0.29) is 23.7 Å². The summed E-state index contributed by atoms with van der Waals surface area (Å²) in [6.45, 7) is 4.02. The lowest BCUT2D eigenvalue weighted by molar-refractivity contribution is 0.0952. The number of carbonyl (C=O) groups is 1. The second kappa shape index (κ2) is 11.2. The molecule has 7 heteroatoms. The maximum absolute atomic E-state index is 13.5. The van der Waals surface area contributed by atoms with E-state index in [1.165, 1.54) is 4.57 Å². The lowest BCUT2D eigenvalue weighted by Gasteiger charge is -2.15. The van der Waals surface area contributed by atoms with Gasteiger partial charge < -0.3 is 10.2 Å². The predicted octanol–water partition coefficient (Wildman–Crippen LogP) is 3.25. The Labute approximate surface area is 210 Å². The highest BCUT2D eigenvalue weighted by Gasteiger charge is 2.14. The van der Waals surface area contributed by atoms with Crippen molar-refractivity contribution in [3.05, 3.63) is 116 Å². The maximum atomic E-state index is 13.5. The van der Waals surface area contributed by atoms with Crippen molar-refractivity contribution in [2.75, 3.05) is 27.2 Å². The number of para-hydroxylation sites is 1. The molecule has 0 aliphatic heterocycles. The average Bonchev–Trinajstić information content (AvgIpc) is 2.88. The van der Waals surface area contributed by atoms with Gasteiger partial charge in [0.2, 0.25) is 0 Å². The fraction of sp³-hybridized carbons (Fsp3) is 0.276. The van der Waals surface area contributed by atoms with Crippen LogP contribution in [-0.2, 0) is 13.1 Å². The number of nitrogens with zero attached hydrogens (tertiary/aromatic N) is 3. The number of rotatable bonds is 9.